The molecule has 2 aromatic rings. The third-order valence-electron chi connectivity index (χ3n) is 3.41. The summed E-state index contributed by atoms with van der Waals surface area (Å²) in [6.45, 7) is 1.97. The number of halogens is 2. The van der Waals surface area contributed by atoms with Gasteiger partial charge in [-0.3, -0.25) is 0 Å². The summed E-state index contributed by atoms with van der Waals surface area (Å²) in [6.07, 6.45) is 0.551. The van der Waals surface area contributed by atoms with Crippen molar-refractivity contribution in [2.45, 2.75) is 18.7 Å². The molecule has 0 amide bonds. The van der Waals surface area contributed by atoms with Crippen LogP contribution in [-0.2, 0) is 6.42 Å². The van der Waals surface area contributed by atoms with E-state index in [1.807, 2.05) is 25.1 Å². The Kier molecular flexibility index (Phi) is 5.07. The molecule has 2 rings (SSSR count). The largest absolute Gasteiger partial charge is 0.493 e. The van der Waals surface area contributed by atoms with Gasteiger partial charge in [-0.2, -0.15) is 0 Å². The highest BCUT2D eigenvalue weighted by atomic mass is 35.5. The van der Waals surface area contributed by atoms with Crippen molar-refractivity contribution < 1.29 is 13.9 Å². The first-order valence-electron chi connectivity index (χ1n) is 6.66. The standard InChI is InChI=1S/C17H18ClFO2/c1-11-7-16(20-2)17(21-3)10-14(11)15(18)9-12-5-4-6-13(19)8-12/h4-8,10,15H,9H2,1-3H3. The molecule has 112 valence electrons. The number of rotatable bonds is 5. The lowest BCUT2D eigenvalue weighted by atomic mass is 9.99. The Bertz CT molecular complexity index is 628. The molecule has 0 saturated carbocycles. The number of ether oxygens (including phenoxy) is 2. The average Bonchev–Trinajstić information content (AvgIpc) is 2.46. The SMILES string of the molecule is COc1cc(C)c(C(Cl)Cc2cccc(F)c2)cc1OC. The molecule has 0 aliphatic rings. The first kappa shape index (κ1) is 15.6. The molecular formula is C17H18ClFO2. The van der Waals surface area contributed by atoms with Crippen molar-refractivity contribution >= 4 is 11.6 Å². The van der Waals surface area contributed by atoms with E-state index in [1.165, 1.54) is 12.1 Å². The van der Waals surface area contributed by atoms with E-state index < -0.39 is 0 Å². The molecule has 0 saturated heterocycles. The third-order valence-corrected chi connectivity index (χ3v) is 3.80. The molecule has 0 heterocycles. The van der Waals surface area contributed by atoms with Crippen LogP contribution < -0.4 is 9.47 Å². The smallest absolute Gasteiger partial charge is 0.161 e. The van der Waals surface area contributed by atoms with Crippen molar-refractivity contribution in [3.05, 3.63) is 58.9 Å². The lowest BCUT2D eigenvalue weighted by Gasteiger charge is -2.16. The van der Waals surface area contributed by atoms with E-state index in [0.29, 0.717) is 17.9 Å². The van der Waals surface area contributed by atoms with Crippen LogP contribution in [0.3, 0.4) is 0 Å². The van der Waals surface area contributed by atoms with E-state index in [0.717, 1.165) is 16.7 Å². The molecule has 0 fully saturated rings. The summed E-state index contributed by atoms with van der Waals surface area (Å²) in [4.78, 5) is 0. The van der Waals surface area contributed by atoms with Crippen LogP contribution in [0.5, 0.6) is 11.5 Å². The Labute approximate surface area is 129 Å². The second-order valence-electron chi connectivity index (χ2n) is 4.87. The predicted octanol–water partition coefficient (Wildman–Crippen LogP) is 4.67. The van der Waals surface area contributed by atoms with Gasteiger partial charge in [0.25, 0.3) is 0 Å². The van der Waals surface area contributed by atoms with Gasteiger partial charge < -0.3 is 9.47 Å². The third kappa shape index (κ3) is 3.67. The van der Waals surface area contributed by atoms with Crippen molar-refractivity contribution in [2.75, 3.05) is 14.2 Å². The van der Waals surface area contributed by atoms with E-state index in [4.69, 9.17) is 21.1 Å². The van der Waals surface area contributed by atoms with Gasteiger partial charge in [0.15, 0.2) is 11.5 Å². The predicted molar refractivity (Wildman–Crippen MR) is 83.0 cm³/mol. The van der Waals surface area contributed by atoms with Crippen LogP contribution in [0.1, 0.15) is 22.1 Å². The van der Waals surface area contributed by atoms with Crippen LogP contribution in [0.4, 0.5) is 4.39 Å². The van der Waals surface area contributed by atoms with E-state index in [9.17, 15) is 4.39 Å². The molecule has 0 aromatic heterocycles. The van der Waals surface area contributed by atoms with Gasteiger partial charge in [-0.15, -0.1) is 11.6 Å². The highest BCUT2D eigenvalue weighted by Gasteiger charge is 2.16. The molecule has 0 radical (unpaired) electrons. The lowest BCUT2D eigenvalue weighted by Crippen LogP contribution is -2.01. The summed E-state index contributed by atoms with van der Waals surface area (Å²) >= 11 is 6.50. The Morgan fingerprint density at radius 1 is 1.10 bits per heavy atom. The van der Waals surface area contributed by atoms with Crippen LogP contribution in [0, 0.1) is 12.7 Å². The average molecular weight is 309 g/mol. The van der Waals surface area contributed by atoms with E-state index in [2.05, 4.69) is 0 Å². The van der Waals surface area contributed by atoms with Crippen LogP contribution in [0.25, 0.3) is 0 Å². The Hall–Kier alpha value is -1.74. The van der Waals surface area contributed by atoms with Crippen LogP contribution in [0.15, 0.2) is 36.4 Å². The molecule has 0 N–H and O–H groups in total. The van der Waals surface area contributed by atoms with Crippen LogP contribution >= 0.6 is 11.6 Å². The zero-order valence-electron chi connectivity index (χ0n) is 12.3. The molecule has 0 bridgehead atoms. The molecule has 2 aromatic carbocycles. The first-order valence-corrected chi connectivity index (χ1v) is 7.09. The molecule has 2 nitrogen and oxygen atoms in total. The van der Waals surface area contributed by atoms with Gasteiger partial charge in [-0.05, 0) is 54.3 Å². The summed E-state index contributed by atoms with van der Waals surface area (Å²) in [5.41, 5.74) is 2.84. The molecule has 1 atom stereocenters. The maximum absolute atomic E-state index is 13.2. The lowest BCUT2D eigenvalue weighted by molar-refractivity contribution is 0.354. The highest BCUT2D eigenvalue weighted by molar-refractivity contribution is 6.21. The molecular weight excluding hydrogens is 291 g/mol. The normalized spacial score (nSPS) is 12.0. The Morgan fingerprint density at radius 2 is 1.76 bits per heavy atom. The second-order valence-corrected chi connectivity index (χ2v) is 5.39. The summed E-state index contributed by atoms with van der Waals surface area (Å²) in [5, 5.41) is -0.258. The second kappa shape index (κ2) is 6.81. The summed E-state index contributed by atoms with van der Waals surface area (Å²) < 4.78 is 23.8. The zero-order chi connectivity index (χ0) is 15.4. The zero-order valence-corrected chi connectivity index (χ0v) is 13.1. The van der Waals surface area contributed by atoms with Gasteiger partial charge in [0.05, 0.1) is 19.6 Å². The van der Waals surface area contributed by atoms with Gasteiger partial charge in [-0.1, -0.05) is 12.1 Å². The maximum Gasteiger partial charge on any atom is 0.161 e. The monoisotopic (exact) mass is 308 g/mol. The fraction of sp³-hybridized carbons (Fsp3) is 0.294. The van der Waals surface area contributed by atoms with E-state index in [1.54, 1.807) is 20.3 Å². The number of alkyl halides is 1. The van der Waals surface area contributed by atoms with Crippen molar-refractivity contribution in [1.82, 2.24) is 0 Å². The van der Waals surface area contributed by atoms with Crippen molar-refractivity contribution in [3.63, 3.8) is 0 Å². The fourth-order valence-electron chi connectivity index (χ4n) is 2.31. The Morgan fingerprint density at radius 3 is 2.38 bits per heavy atom. The molecule has 0 spiro atoms. The van der Waals surface area contributed by atoms with Gasteiger partial charge in [-0.25, -0.2) is 4.39 Å². The maximum atomic E-state index is 13.2. The topological polar surface area (TPSA) is 18.5 Å². The van der Waals surface area contributed by atoms with Crippen molar-refractivity contribution in [1.29, 1.82) is 0 Å². The fourth-order valence-corrected chi connectivity index (χ4v) is 2.73. The van der Waals surface area contributed by atoms with E-state index in [-0.39, 0.29) is 11.2 Å². The minimum absolute atomic E-state index is 0.250. The minimum atomic E-state index is -0.258. The highest BCUT2D eigenvalue weighted by Crippen LogP contribution is 2.36. The summed E-state index contributed by atoms with van der Waals surface area (Å²) in [5.74, 6) is 1.07. The molecule has 1 unspecified atom stereocenters. The van der Waals surface area contributed by atoms with Crippen LogP contribution in [0.2, 0.25) is 0 Å². The molecule has 4 heteroatoms. The van der Waals surface area contributed by atoms with Gasteiger partial charge in [0.2, 0.25) is 0 Å². The molecule has 0 aliphatic carbocycles. The van der Waals surface area contributed by atoms with Gasteiger partial charge in [0.1, 0.15) is 5.82 Å². The number of benzene rings is 2. The quantitative estimate of drug-likeness (QED) is 0.747. The number of hydrogen-bond donors (Lipinski definition) is 0. The van der Waals surface area contributed by atoms with Crippen molar-refractivity contribution in [3.8, 4) is 11.5 Å². The number of aryl methyl sites for hydroxylation is 1. The summed E-state index contributed by atoms with van der Waals surface area (Å²) in [6, 6.07) is 10.3. The first-order chi connectivity index (χ1) is 10.0. The van der Waals surface area contributed by atoms with Crippen LogP contribution in [-0.4, -0.2) is 14.2 Å². The Balaban J connectivity index is 2.28. The minimum Gasteiger partial charge on any atom is -0.493 e. The number of hydrogen-bond acceptors (Lipinski definition) is 2. The van der Waals surface area contributed by atoms with Gasteiger partial charge >= 0.3 is 0 Å². The summed E-state index contributed by atoms with van der Waals surface area (Å²) in [7, 11) is 3.19. The van der Waals surface area contributed by atoms with Gasteiger partial charge in [0, 0.05) is 0 Å². The number of methoxy groups -OCH3 is 2. The molecule has 21 heavy (non-hydrogen) atoms. The van der Waals surface area contributed by atoms with Crippen molar-refractivity contribution in [2.24, 2.45) is 0 Å². The van der Waals surface area contributed by atoms with E-state index >= 15 is 0 Å². The molecule has 0 aliphatic heterocycles.